The van der Waals surface area contributed by atoms with Crippen LogP contribution in [0.15, 0.2) is 36.9 Å². The van der Waals surface area contributed by atoms with Gasteiger partial charge in [0.2, 0.25) is 0 Å². The van der Waals surface area contributed by atoms with Gasteiger partial charge in [-0.2, -0.15) is 0 Å². The molecular formula is C16H17N3O2. The van der Waals surface area contributed by atoms with E-state index in [1.54, 1.807) is 0 Å². The van der Waals surface area contributed by atoms with Crippen molar-refractivity contribution in [3.8, 4) is 5.75 Å². The third-order valence-electron chi connectivity index (χ3n) is 3.40. The van der Waals surface area contributed by atoms with E-state index in [0.717, 1.165) is 17.7 Å². The van der Waals surface area contributed by atoms with E-state index in [1.165, 1.54) is 24.3 Å². The third-order valence-corrected chi connectivity index (χ3v) is 3.40. The average molecular weight is 283 g/mol. The van der Waals surface area contributed by atoms with Crippen molar-refractivity contribution in [1.29, 1.82) is 0 Å². The Morgan fingerprint density at radius 2 is 2.10 bits per heavy atom. The Morgan fingerprint density at radius 1 is 1.33 bits per heavy atom. The minimum Gasteiger partial charge on any atom is -0.487 e. The van der Waals surface area contributed by atoms with Crippen LogP contribution in [0.1, 0.15) is 35.3 Å². The molecule has 1 N–H and O–H groups in total. The number of aromatic nitrogens is 2. The lowest BCUT2D eigenvalue weighted by atomic mass is 10.0. The molecule has 2 aromatic rings. The largest absolute Gasteiger partial charge is 0.487 e. The number of hydrogen-bond acceptors (Lipinski definition) is 4. The molecule has 5 heteroatoms. The van der Waals surface area contributed by atoms with Crippen molar-refractivity contribution >= 4 is 5.91 Å². The zero-order valence-electron chi connectivity index (χ0n) is 12.1. The summed E-state index contributed by atoms with van der Waals surface area (Å²) in [4.78, 5) is 19.6. The lowest BCUT2D eigenvalue weighted by molar-refractivity contribution is 0.0950. The molecule has 0 fully saturated rings. The summed E-state index contributed by atoms with van der Waals surface area (Å²) >= 11 is 0. The summed E-state index contributed by atoms with van der Waals surface area (Å²) in [7, 11) is 0. The highest BCUT2D eigenvalue weighted by Gasteiger charge is 2.29. The predicted molar refractivity (Wildman–Crippen MR) is 78.1 cm³/mol. The second kappa shape index (κ2) is 5.16. The van der Waals surface area contributed by atoms with E-state index < -0.39 is 0 Å². The molecule has 21 heavy (non-hydrogen) atoms. The number of fused-ring (bicyclic) bond motifs is 1. The Morgan fingerprint density at radius 3 is 2.86 bits per heavy atom. The molecule has 5 nitrogen and oxygen atoms in total. The van der Waals surface area contributed by atoms with Crippen LogP contribution >= 0.6 is 0 Å². The number of carbonyl (C=O) groups excluding carboxylic acids is 1. The molecule has 1 aliphatic rings. The normalized spacial score (nSPS) is 15.1. The molecule has 0 bridgehead atoms. The zero-order chi connectivity index (χ0) is 14.9. The zero-order valence-corrected chi connectivity index (χ0v) is 12.1. The highest BCUT2D eigenvalue weighted by molar-refractivity contribution is 5.93. The molecule has 0 saturated heterocycles. The van der Waals surface area contributed by atoms with Crippen molar-refractivity contribution in [3.63, 3.8) is 0 Å². The molecule has 1 aromatic carbocycles. The fourth-order valence-corrected chi connectivity index (χ4v) is 2.47. The van der Waals surface area contributed by atoms with Gasteiger partial charge in [0.25, 0.3) is 5.91 Å². The quantitative estimate of drug-likeness (QED) is 0.937. The standard InChI is InChI=1S/C16H17N3O2/c1-16(2)6-12-5-11(3-4-14(12)21-16)7-19-15(20)13-8-17-10-18-9-13/h3-5,8-10H,6-7H2,1-2H3,(H,19,20). The molecule has 3 rings (SSSR count). The summed E-state index contributed by atoms with van der Waals surface area (Å²) in [6.07, 6.45) is 5.29. The van der Waals surface area contributed by atoms with Crippen LogP contribution in [-0.2, 0) is 13.0 Å². The first-order valence-electron chi connectivity index (χ1n) is 6.87. The van der Waals surface area contributed by atoms with Gasteiger partial charge in [-0.05, 0) is 31.0 Å². The van der Waals surface area contributed by atoms with Crippen LogP contribution in [-0.4, -0.2) is 21.5 Å². The first-order valence-corrected chi connectivity index (χ1v) is 6.87. The van der Waals surface area contributed by atoms with E-state index in [0.29, 0.717) is 12.1 Å². The summed E-state index contributed by atoms with van der Waals surface area (Å²) in [6.45, 7) is 4.62. The predicted octanol–water partition coefficient (Wildman–Crippen LogP) is 2.12. The minimum atomic E-state index is -0.173. The van der Waals surface area contributed by atoms with Gasteiger partial charge in [0.15, 0.2) is 0 Å². The van der Waals surface area contributed by atoms with Crippen LogP contribution in [0, 0.1) is 0 Å². The topological polar surface area (TPSA) is 64.1 Å². The molecule has 0 radical (unpaired) electrons. The molecule has 0 unspecified atom stereocenters. The number of hydrogen-bond donors (Lipinski definition) is 1. The fourth-order valence-electron chi connectivity index (χ4n) is 2.47. The summed E-state index contributed by atoms with van der Waals surface area (Å²) in [5, 5.41) is 2.87. The van der Waals surface area contributed by atoms with Gasteiger partial charge in [0, 0.05) is 25.4 Å². The number of amides is 1. The Bertz CT molecular complexity index is 668. The second-order valence-electron chi connectivity index (χ2n) is 5.79. The van der Waals surface area contributed by atoms with Crippen molar-refractivity contribution in [2.45, 2.75) is 32.4 Å². The van der Waals surface area contributed by atoms with E-state index >= 15 is 0 Å². The second-order valence-corrected chi connectivity index (χ2v) is 5.79. The average Bonchev–Trinajstić information content (AvgIpc) is 2.78. The monoisotopic (exact) mass is 283 g/mol. The van der Waals surface area contributed by atoms with Crippen molar-refractivity contribution in [2.24, 2.45) is 0 Å². The molecule has 0 spiro atoms. The van der Waals surface area contributed by atoms with Crippen LogP contribution in [0.3, 0.4) is 0 Å². The molecule has 2 heterocycles. The third kappa shape index (κ3) is 3.02. The fraction of sp³-hybridized carbons (Fsp3) is 0.312. The first kappa shape index (κ1) is 13.5. The maximum atomic E-state index is 11.9. The smallest absolute Gasteiger partial charge is 0.254 e. The van der Waals surface area contributed by atoms with Gasteiger partial charge in [-0.25, -0.2) is 9.97 Å². The Kier molecular flexibility index (Phi) is 3.33. The first-order chi connectivity index (χ1) is 10.0. The number of nitrogens with one attached hydrogen (secondary N) is 1. The van der Waals surface area contributed by atoms with Crippen LogP contribution in [0.5, 0.6) is 5.75 Å². The summed E-state index contributed by atoms with van der Waals surface area (Å²) in [5.74, 6) is 0.763. The van der Waals surface area contributed by atoms with E-state index in [2.05, 4.69) is 35.2 Å². The van der Waals surface area contributed by atoms with Crippen LogP contribution in [0.25, 0.3) is 0 Å². The molecule has 0 aliphatic carbocycles. The maximum Gasteiger partial charge on any atom is 0.254 e. The Labute approximate surface area is 123 Å². The number of benzene rings is 1. The molecule has 0 atom stereocenters. The van der Waals surface area contributed by atoms with Crippen molar-refractivity contribution in [3.05, 3.63) is 53.6 Å². The van der Waals surface area contributed by atoms with E-state index in [-0.39, 0.29) is 11.5 Å². The lowest BCUT2D eigenvalue weighted by Gasteiger charge is -2.16. The number of nitrogens with zero attached hydrogens (tertiary/aromatic N) is 2. The van der Waals surface area contributed by atoms with Crippen LogP contribution in [0.4, 0.5) is 0 Å². The highest BCUT2D eigenvalue weighted by atomic mass is 16.5. The van der Waals surface area contributed by atoms with E-state index in [9.17, 15) is 4.79 Å². The SMILES string of the molecule is CC1(C)Cc2cc(CNC(=O)c3cncnc3)ccc2O1. The Balaban J connectivity index is 1.66. The Hall–Kier alpha value is -2.43. The number of carbonyl (C=O) groups is 1. The molecule has 0 saturated carbocycles. The van der Waals surface area contributed by atoms with Gasteiger partial charge >= 0.3 is 0 Å². The molecule has 108 valence electrons. The van der Waals surface area contributed by atoms with Crippen LogP contribution in [0.2, 0.25) is 0 Å². The number of rotatable bonds is 3. The minimum absolute atomic E-state index is 0.147. The van der Waals surface area contributed by atoms with Gasteiger partial charge in [0.05, 0.1) is 5.56 Å². The molecular weight excluding hydrogens is 266 g/mol. The lowest BCUT2D eigenvalue weighted by Crippen LogP contribution is -2.24. The van der Waals surface area contributed by atoms with Crippen molar-refractivity contribution < 1.29 is 9.53 Å². The van der Waals surface area contributed by atoms with Gasteiger partial charge in [-0.15, -0.1) is 0 Å². The van der Waals surface area contributed by atoms with Crippen LogP contribution < -0.4 is 10.1 Å². The van der Waals surface area contributed by atoms with Gasteiger partial charge in [-0.3, -0.25) is 4.79 Å². The van der Waals surface area contributed by atoms with Gasteiger partial charge < -0.3 is 10.1 Å². The van der Waals surface area contributed by atoms with E-state index in [1.807, 2.05) is 12.1 Å². The number of ether oxygens (including phenoxy) is 1. The van der Waals surface area contributed by atoms with Gasteiger partial charge in [0.1, 0.15) is 17.7 Å². The molecule has 1 amide bonds. The van der Waals surface area contributed by atoms with Crippen molar-refractivity contribution in [2.75, 3.05) is 0 Å². The molecule has 1 aliphatic heterocycles. The van der Waals surface area contributed by atoms with Crippen molar-refractivity contribution in [1.82, 2.24) is 15.3 Å². The van der Waals surface area contributed by atoms with E-state index in [4.69, 9.17) is 4.74 Å². The molecule has 1 aromatic heterocycles. The summed E-state index contributed by atoms with van der Waals surface area (Å²) < 4.78 is 5.84. The summed E-state index contributed by atoms with van der Waals surface area (Å²) in [5.41, 5.74) is 2.56. The van der Waals surface area contributed by atoms with Gasteiger partial charge in [-0.1, -0.05) is 12.1 Å². The maximum absolute atomic E-state index is 11.9. The highest BCUT2D eigenvalue weighted by Crippen LogP contribution is 2.35. The summed E-state index contributed by atoms with van der Waals surface area (Å²) in [6, 6.07) is 6.03.